The Kier molecular flexibility index (Phi) is 3.94. The number of carbonyl (C=O) groups excluding carboxylic acids is 1. The van der Waals surface area contributed by atoms with Crippen LogP contribution in [0.3, 0.4) is 0 Å². The van der Waals surface area contributed by atoms with Crippen LogP contribution in [0.1, 0.15) is 28.8 Å². The van der Waals surface area contributed by atoms with E-state index in [9.17, 15) is 13.6 Å². The van der Waals surface area contributed by atoms with Gasteiger partial charge in [-0.15, -0.1) is 0 Å². The summed E-state index contributed by atoms with van der Waals surface area (Å²) in [6.07, 6.45) is 0.703. The molecule has 0 aliphatic rings. The molecule has 0 bridgehead atoms. The predicted octanol–water partition coefficient (Wildman–Crippen LogP) is 3.67. The second kappa shape index (κ2) is 5.65. The van der Waals surface area contributed by atoms with E-state index in [2.05, 4.69) is 4.74 Å². The zero-order chi connectivity index (χ0) is 13.8. The molecular weight excluding hydrogens is 254 g/mol. The van der Waals surface area contributed by atoms with E-state index in [1.54, 1.807) is 12.1 Å². The Morgan fingerprint density at radius 1 is 1.21 bits per heavy atom. The predicted molar refractivity (Wildman–Crippen MR) is 64.6 cm³/mol. The van der Waals surface area contributed by atoms with Gasteiger partial charge in [0, 0.05) is 12.0 Å². The molecule has 2 rings (SSSR count). The van der Waals surface area contributed by atoms with Crippen LogP contribution in [0.2, 0.25) is 0 Å². The van der Waals surface area contributed by atoms with Crippen molar-refractivity contribution in [1.82, 2.24) is 0 Å². The summed E-state index contributed by atoms with van der Waals surface area (Å²) in [6.45, 7) is -0.956. The van der Waals surface area contributed by atoms with Gasteiger partial charge >= 0.3 is 6.61 Å². The van der Waals surface area contributed by atoms with Crippen LogP contribution in [-0.2, 0) is 6.42 Å². The van der Waals surface area contributed by atoms with E-state index in [-0.39, 0.29) is 17.3 Å². The van der Waals surface area contributed by atoms with Gasteiger partial charge in [-0.05, 0) is 36.4 Å². The average molecular weight is 266 g/mol. The summed E-state index contributed by atoms with van der Waals surface area (Å²) in [5.41, 5.74) is 0.360. The van der Waals surface area contributed by atoms with E-state index in [1.807, 2.05) is 6.92 Å². The summed E-state index contributed by atoms with van der Waals surface area (Å²) in [7, 11) is 0. The first-order valence-electron chi connectivity index (χ1n) is 5.78. The second-order valence-corrected chi connectivity index (χ2v) is 3.85. The normalized spacial score (nSPS) is 10.7. The molecule has 0 aliphatic heterocycles. The van der Waals surface area contributed by atoms with Crippen molar-refractivity contribution < 1.29 is 22.7 Å². The number of rotatable bonds is 5. The van der Waals surface area contributed by atoms with Crippen molar-refractivity contribution in [3.05, 3.63) is 53.5 Å². The molecule has 0 fully saturated rings. The van der Waals surface area contributed by atoms with Crippen molar-refractivity contribution in [3.8, 4) is 5.75 Å². The van der Waals surface area contributed by atoms with Crippen molar-refractivity contribution in [2.24, 2.45) is 0 Å². The molecule has 3 nitrogen and oxygen atoms in total. The summed E-state index contributed by atoms with van der Waals surface area (Å²) in [6, 6.07) is 8.83. The van der Waals surface area contributed by atoms with E-state index in [1.165, 1.54) is 24.3 Å². The fourth-order valence-corrected chi connectivity index (χ4v) is 1.62. The van der Waals surface area contributed by atoms with E-state index in [0.717, 1.165) is 5.76 Å². The third-order valence-corrected chi connectivity index (χ3v) is 2.58. The lowest BCUT2D eigenvalue weighted by molar-refractivity contribution is -0.0498. The Morgan fingerprint density at radius 3 is 2.42 bits per heavy atom. The lowest BCUT2D eigenvalue weighted by atomic mass is 10.1. The standard InChI is InChI=1S/C14H12F2O3/c1-2-10-7-8-12(18-10)13(17)9-3-5-11(6-4-9)19-14(15)16/h3-8,14H,2H2,1H3. The fraction of sp³-hybridized carbons (Fsp3) is 0.214. The molecule has 0 amide bonds. The molecule has 1 aromatic carbocycles. The van der Waals surface area contributed by atoms with Crippen molar-refractivity contribution in [2.45, 2.75) is 20.0 Å². The van der Waals surface area contributed by atoms with Crippen LogP contribution in [0.15, 0.2) is 40.8 Å². The summed E-state index contributed by atoms with van der Waals surface area (Å²) in [5.74, 6) is 0.684. The van der Waals surface area contributed by atoms with E-state index in [0.29, 0.717) is 12.0 Å². The van der Waals surface area contributed by atoms with Gasteiger partial charge in [0.15, 0.2) is 5.76 Å². The van der Waals surface area contributed by atoms with Crippen LogP contribution >= 0.6 is 0 Å². The first-order chi connectivity index (χ1) is 9.10. The number of carbonyl (C=O) groups is 1. The van der Waals surface area contributed by atoms with Gasteiger partial charge in [-0.3, -0.25) is 4.79 Å². The lowest BCUT2D eigenvalue weighted by Gasteiger charge is -2.04. The molecule has 5 heteroatoms. The van der Waals surface area contributed by atoms with Gasteiger partial charge < -0.3 is 9.15 Å². The maximum atomic E-state index is 12.0. The molecule has 0 radical (unpaired) electrons. The highest BCUT2D eigenvalue weighted by Crippen LogP contribution is 2.18. The fourth-order valence-electron chi connectivity index (χ4n) is 1.62. The van der Waals surface area contributed by atoms with Crippen molar-refractivity contribution >= 4 is 5.78 Å². The molecule has 0 unspecified atom stereocenters. The Labute approximate surface area is 108 Å². The minimum atomic E-state index is -2.88. The summed E-state index contributed by atoms with van der Waals surface area (Å²) in [4.78, 5) is 12.0. The van der Waals surface area contributed by atoms with Crippen molar-refractivity contribution in [3.63, 3.8) is 0 Å². The minimum Gasteiger partial charge on any atom is -0.458 e. The molecule has 0 saturated heterocycles. The summed E-state index contributed by atoms with van der Waals surface area (Å²) < 4.78 is 33.5. The lowest BCUT2D eigenvalue weighted by Crippen LogP contribution is -2.03. The number of aryl methyl sites for hydroxylation is 1. The SMILES string of the molecule is CCc1ccc(C(=O)c2ccc(OC(F)F)cc2)o1. The molecule has 100 valence electrons. The first-order valence-corrected chi connectivity index (χ1v) is 5.78. The van der Waals surface area contributed by atoms with Gasteiger partial charge in [-0.1, -0.05) is 6.92 Å². The molecule has 1 aromatic heterocycles. The summed E-state index contributed by atoms with van der Waals surface area (Å²) in [5, 5.41) is 0. The molecule has 19 heavy (non-hydrogen) atoms. The summed E-state index contributed by atoms with van der Waals surface area (Å²) >= 11 is 0. The van der Waals surface area contributed by atoms with Gasteiger partial charge in [0.1, 0.15) is 11.5 Å². The number of ketones is 1. The van der Waals surface area contributed by atoms with E-state index >= 15 is 0 Å². The van der Waals surface area contributed by atoms with Crippen LogP contribution in [0.25, 0.3) is 0 Å². The second-order valence-electron chi connectivity index (χ2n) is 3.85. The maximum absolute atomic E-state index is 12.0. The topological polar surface area (TPSA) is 39.4 Å². The van der Waals surface area contributed by atoms with Crippen LogP contribution in [0.4, 0.5) is 8.78 Å². The third-order valence-electron chi connectivity index (χ3n) is 2.58. The number of alkyl halides is 2. The first kappa shape index (κ1) is 13.3. The molecule has 0 atom stereocenters. The Morgan fingerprint density at radius 2 is 1.89 bits per heavy atom. The monoisotopic (exact) mass is 266 g/mol. The molecule has 1 heterocycles. The van der Waals surface area contributed by atoms with Gasteiger partial charge in [0.25, 0.3) is 0 Å². The molecule has 0 spiro atoms. The number of furan rings is 1. The minimum absolute atomic E-state index is 0.0141. The number of ether oxygens (including phenoxy) is 1. The zero-order valence-corrected chi connectivity index (χ0v) is 10.2. The number of halogens is 2. The number of benzene rings is 1. The highest BCUT2D eigenvalue weighted by Gasteiger charge is 2.14. The number of hydrogen-bond acceptors (Lipinski definition) is 3. The highest BCUT2D eigenvalue weighted by atomic mass is 19.3. The van der Waals surface area contributed by atoms with Crippen LogP contribution in [0, 0.1) is 0 Å². The molecule has 0 N–H and O–H groups in total. The zero-order valence-electron chi connectivity index (χ0n) is 10.2. The van der Waals surface area contributed by atoms with E-state index in [4.69, 9.17) is 4.42 Å². The van der Waals surface area contributed by atoms with Gasteiger partial charge in [-0.2, -0.15) is 8.78 Å². The third kappa shape index (κ3) is 3.19. The quantitative estimate of drug-likeness (QED) is 0.775. The van der Waals surface area contributed by atoms with E-state index < -0.39 is 6.61 Å². The largest absolute Gasteiger partial charge is 0.458 e. The average Bonchev–Trinajstić information content (AvgIpc) is 2.87. The van der Waals surface area contributed by atoms with Crippen LogP contribution in [-0.4, -0.2) is 12.4 Å². The Hall–Kier alpha value is -2.17. The Bertz CT molecular complexity index is 558. The maximum Gasteiger partial charge on any atom is 0.387 e. The number of hydrogen-bond donors (Lipinski definition) is 0. The van der Waals surface area contributed by atoms with Gasteiger partial charge in [-0.25, -0.2) is 0 Å². The van der Waals surface area contributed by atoms with Crippen LogP contribution < -0.4 is 4.74 Å². The Balaban J connectivity index is 2.15. The molecular formula is C14H12F2O3. The molecule has 0 saturated carbocycles. The van der Waals surface area contributed by atoms with Gasteiger partial charge in [0.05, 0.1) is 0 Å². The van der Waals surface area contributed by atoms with Gasteiger partial charge in [0.2, 0.25) is 5.78 Å². The van der Waals surface area contributed by atoms with Crippen molar-refractivity contribution in [1.29, 1.82) is 0 Å². The molecule has 2 aromatic rings. The molecule has 0 aliphatic carbocycles. The highest BCUT2D eigenvalue weighted by molar-refractivity contribution is 6.07. The van der Waals surface area contributed by atoms with Crippen LogP contribution in [0.5, 0.6) is 5.75 Å². The van der Waals surface area contributed by atoms with Crippen molar-refractivity contribution in [2.75, 3.05) is 0 Å². The smallest absolute Gasteiger partial charge is 0.387 e.